The van der Waals surface area contributed by atoms with Gasteiger partial charge < -0.3 is 4.57 Å². The van der Waals surface area contributed by atoms with Gasteiger partial charge in [0, 0.05) is 12.7 Å². The maximum absolute atomic E-state index is 4.57. The first-order valence-electron chi connectivity index (χ1n) is 5.61. The molecule has 0 fully saturated rings. The number of imidazole rings is 2. The minimum Gasteiger partial charge on any atom is -0.313 e. The summed E-state index contributed by atoms with van der Waals surface area (Å²) in [6.45, 7) is 11.7. The van der Waals surface area contributed by atoms with E-state index in [1.54, 1.807) is 6.08 Å². The monoisotopic (exact) mass is 227 g/mol. The van der Waals surface area contributed by atoms with Crippen molar-refractivity contribution in [1.82, 2.24) is 14.0 Å². The lowest BCUT2D eigenvalue weighted by Crippen LogP contribution is -1.92. The average Bonchev–Trinajstić information content (AvgIpc) is 2.77. The summed E-state index contributed by atoms with van der Waals surface area (Å²) in [5, 5.41) is 0. The van der Waals surface area contributed by atoms with Gasteiger partial charge in [-0.15, -0.1) is 0 Å². The molecule has 0 aliphatic heterocycles. The molecule has 2 heterocycles. The lowest BCUT2D eigenvalue weighted by Gasteiger charge is -1.99. The predicted molar refractivity (Wildman–Crippen MR) is 73.8 cm³/mol. The minimum atomic E-state index is 0.917. The van der Waals surface area contributed by atoms with Crippen molar-refractivity contribution in [2.45, 2.75) is 13.8 Å². The zero-order valence-electron chi connectivity index (χ0n) is 10.6. The van der Waals surface area contributed by atoms with Gasteiger partial charge in [0.05, 0.1) is 17.1 Å². The van der Waals surface area contributed by atoms with E-state index < -0.39 is 0 Å². The maximum atomic E-state index is 4.57. The van der Waals surface area contributed by atoms with Gasteiger partial charge in [-0.1, -0.05) is 19.2 Å². The van der Waals surface area contributed by atoms with Crippen molar-refractivity contribution in [3.63, 3.8) is 0 Å². The second-order valence-electron chi connectivity index (χ2n) is 3.96. The van der Waals surface area contributed by atoms with Gasteiger partial charge in [-0.2, -0.15) is 0 Å². The Bertz CT molecular complexity index is 624. The second kappa shape index (κ2) is 4.09. The average molecular weight is 227 g/mol. The molecule has 3 heteroatoms. The third-order valence-corrected chi connectivity index (χ3v) is 3.00. The van der Waals surface area contributed by atoms with Crippen LogP contribution in [0.2, 0.25) is 0 Å². The number of hydrogen-bond acceptors (Lipinski definition) is 1. The summed E-state index contributed by atoms with van der Waals surface area (Å²) in [6.07, 6.45) is 7.74. The molecule has 3 nitrogen and oxygen atoms in total. The molecule has 88 valence electrons. The molecule has 0 N–H and O–H groups in total. The highest BCUT2D eigenvalue weighted by Crippen LogP contribution is 2.23. The Morgan fingerprint density at radius 1 is 1.18 bits per heavy atom. The van der Waals surface area contributed by atoms with Crippen molar-refractivity contribution in [1.29, 1.82) is 0 Å². The molecule has 0 radical (unpaired) electrons. The molecule has 2 aromatic rings. The fourth-order valence-corrected chi connectivity index (χ4v) is 2.16. The van der Waals surface area contributed by atoms with Crippen LogP contribution in [0.1, 0.15) is 29.7 Å². The van der Waals surface area contributed by atoms with Crippen LogP contribution < -0.4 is 0 Å². The van der Waals surface area contributed by atoms with E-state index in [0.717, 1.165) is 28.6 Å². The van der Waals surface area contributed by atoms with E-state index >= 15 is 0 Å². The highest BCUT2D eigenvalue weighted by molar-refractivity contribution is 5.67. The van der Waals surface area contributed by atoms with Crippen LogP contribution in [0.25, 0.3) is 24.0 Å². The van der Waals surface area contributed by atoms with Crippen LogP contribution >= 0.6 is 0 Å². The normalized spacial score (nSPS) is 11.5. The Morgan fingerprint density at radius 3 is 2.41 bits per heavy atom. The molecule has 0 unspecified atom stereocenters. The van der Waals surface area contributed by atoms with Crippen LogP contribution in [-0.2, 0) is 7.05 Å². The van der Waals surface area contributed by atoms with Crippen LogP contribution in [0.4, 0.5) is 0 Å². The largest absolute Gasteiger partial charge is 0.313 e. The zero-order valence-corrected chi connectivity index (χ0v) is 10.6. The van der Waals surface area contributed by atoms with E-state index in [4.69, 9.17) is 0 Å². The van der Waals surface area contributed by atoms with Gasteiger partial charge in [0.1, 0.15) is 0 Å². The van der Waals surface area contributed by atoms with Crippen LogP contribution in [0.5, 0.6) is 0 Å². The Labute approximate surface area is 101 Å². The first kappa shape index (κ1) is 11.5. The van der Waals surface area contributed by atoms with Crippen molar-refractivity contribution < 1.29 is 0 Å². The van der Waals surface area contributed by atoms with Crippen molar-refractivity contribution >= 4 is 24.0 Å². The number of aromatic nitrogens is 3. The molecule has 0 spiro atoms. The van der Waals surface area contributed by atoms with Gasteiger partial charge >= 0.3 is 0 Å². The third kappa shape index (κ3) is 1.46. The molecule has 2 rings (SSSR count). The van der Waals surface area contributed by atoms with E-state index in [0.29, 0.717) is 0 Å². The quantitative estimate of drug-likeness (QED) is 0.788. The standard InChI is InChI=1S/C14H17N3/c1-6-9-13-12(8-3)16(5)14-15-11(7-2)10(4)17(13)14/h6-9H,2-3H2,1,4-5H3. The molecular formula is C14H17N3. The molecule has 0 saturated carbocycles. The Balaban J connectivity index is 2.95. The molecule has 0 bridgehead atoms. The first-order valence-corrected chi connectivity index (χ1v) is 5.61. The summed E-state index contributed by atoms with van der Waals surface area (Å²) in [6, 6.07) is 0. The van der Waals surface area contributed by atoms with Gasteiger partial charge in [-0.3, -0.25) is 4.40 Å². The van der Waals surface area contributed by atoms with Crippen molar-refractivity contribution in [2.75, 3.05) is 0 Å². The maximum Gasteiger partial charge on any atom is 0.215 e. The number of nitrogens with zero attached hydrogens (tertiary/aromatic N) is 3. The SMILES string of the molecule is C=Cc1nc2n(C)c(C=C)c(C=CC)n2c1C. The summed E-state index contributed by atoms with van der Waals surface area (Å²) >= 11 is 0. The van der Waals surface area contributed by atoms with Crippen molar-refractivity contribution in [3.05, 3.63) is 42.0 Å². The van der Waals surface area contributed by atoms with Crippen LogP contribution in [0.3, 0.4) is 0 Å². The summed E-state index contributed by atoms with van der Waals surface area (Å²) in [5.41, 5.74) is 4.21. The fourth-order valence-electron chi connectivity index (χ4n) is 2.16. The molecule has 0 aliphatic carbocycles. The summed E-state index contributed by atoms with van der Waals surface area (Å²) in [4.78, 5) is 4.57. The summed E-state index contributed by atoms with van der Waals surface area (Å²) in [5.74, 6) is 0.917. The molecular weight excluding hydrogens is 210 g/mol. The number of allylic oxidation sites excluding steroid dienone is 1. The predicted octanol–water partition coefficient (Wildman–Crippen LogP) is 3.30. The zero-order chi connectivity index (χ0) is 12.6. The van der Waals surface area contributed by atoms with E-state index in [2.05, 4.69) is 35.5 Å². The number of rotatable bonds is 3. The van der Waals surface area contributed by atoms with Crippen molar-refractivity contribution in [3.8, 4) is 0 Å². The topological polar surface area (TPSA) is 22.2 Å². The van der Waals surface area contributed by atoms with E-state index in [-0.39, 0.29) is 0 Å². The molecule has 0 aliphatic rings. The van der Waals surface area contributed by atoms with Gasteiger partial charge in [0.15, 0.2) is 0 Å². The molecule has 2 aromatic heterocycles. The lowest BCUT2D eigenvalue weighted by molar-refractivity contribution is 0.925. The highest BCUT2D eigenvalue weighted by atomic mass is 15.2. The molecule has 0 atom stereocenters. The van der Waals surface area contributed by atoms with Gasteiger partial charge in [0.2, 0.25) is 5.78 Å². The fraction of sp³-hybridized carbons (Fsp3) is 0.214. The van der Waals surface area contributed by atoms with Crippen molar-refractivity contribution in [2.24, 2.45) is 7.05 Å². The third-order valence-electron chi connectivity index (χ3n) is 3.00. The second-order valence-corrected chi connectivity index (χ2v) is 3.96. The number of aryl methyl sites for hydroxylation is 2. The first-order chi connectivity index (χ1) is 8.15. The van der Waals surface area contributed by atoms with Crippen LogP contribution in [-0.4, -0.2) is 14.0 Å². The molecule has 0 saturated heterocycles. The summed E-state index contributed by atoms with van der Waals surface area (Å²) < 4.78 is 4.18. The Kier molecular flexibility index (Phi) is 2.76. The van der Waals surface area contributed by atoms with Gasteiger partial charge in [0.25, 0.3) is 0 Å². The lowest BCUT2D eigenvalue weighted by atomic mass is 10.2. The minimum absolute atomic E-state index is 0.917. The highest BCUT2D eigenvalue weighted by Gasteiger charge is 2.16. The van der Waals surface area contributed by atoms with Gasteiger partial charge in [-0.05, 0) is 32.1 Å². The number of hydrogen-bond donors (Lipinski definition) is 0. The van der Waals surface area contributed by atoms with Crippen LogP contribution in [0.15, 0.2) is 19.2 Å². The Morgan fingerprint density at radius 2 is 1.88 bits per heavy atom. The molecule has 0 aromatic carbocycles. The molecule has 0 amide bonds. The molecule has 17 heavy (non-hydrogen) atoms. The van der Waals surface area contributed by atoms with E-state index in [9.17, 15) is 0 Å². The van der Waals surface area contributed by atoms with E-state index in [1.165, 1.54) is 0 Å². The summed E-state index contributed by atoms with van der Waals surface area (Å²) in [7, 11) is 2.00. The number of fused-ring (bicyclic) bond motifs is 1. The smallest absolute Gasteiger partial charge is 0.215 e. The van der Waals surface area contributed by atoms with Crippen LogP contribution in [0, 0.1) is 6.92 Å². The Hall–Kier alpha value is -2.03. The van der Waals surface area contributed by atoms with Gasteiger partial charge in [-0.25, -0.2) is 4.98 Å². The van der Waals surface area contributed by atoms with E-state index in [1.807, 2.05) is 30.7 Å².